The van der Waals surface area contributed by atoms with Crippen LogP contribution in [-0.2, 0) is 5.75 Å². The van der Waals surface area contributed by atoms with Crippen molar-refractivity contribution in [3.63, 3.8) is 0 Å². The fraction of sp³-hybridized carbons (Fsp3) is 0.100. The predicted molar refractivity (Wildman–Crippen MR) is 68.1 cm³/mol. The summed E-state index contributed by atoms with van der Waals surface area (Å²) in [5, 5.41) is 0.764. The van der Waals surface area contributed by atoms with Gasteiger partial charge in [0.1, 0.15) is 0 Å². The van der Waals surface area contributed by atoms with E-state index in [1.54, 1.807) is 11.8 Å². The second-order valence-corrected chi connectivity index (χ2v) is 6.00. The van der Waals surface area contributed by atoms with Crippen LogP contribution < -0.4 is 0 Å². The quantitative estimate of drug-likeness (QED) is 0.751. The smallest absolute Gasteiger partial charge is 0.183 e. The molecule has 0 radical (unpaired) electrons. The molecule has 0 fully saturated rings. The van der Waals surface area contributed by atoms with E-state index in [9.17, 15) is 0 Å². The van der Waals surface area contributed by atoms with Gasteiger partial charge in [-0.25, -0.2) is 4.98 Å². The molecule has 0 saturated heterocycles. The first-order chi connectivity index (χ1) is 7.24. The largest absolute Gasteiger partial charge is 0.233 e. The number of nitrogens with zero attached hydrogens (tertiary/aromatic N) is 1. The molecule has 0 atom stereocenters. The SMILES string of the molecule is Clc1ccc(SCc2cnc(Cl)s2)cc1. The van der Waals surface area contributed by atoms with E-state index >= 15 is 0 Å². The third-order valence-electron chi connectivity index (χ3n) is 1.72. The Labute approximate surface area is 106 Å². The average Bonchev–Trinajstić information content (AvgIpc) is 2.64. The number of aromatic nitrogens is 1. The minimum absolute atomic E-state index is 0.599. The normalized spacial score (nSPS) is 10.5. The monoisotopic (exact) mass is 275 g/mol. The minimum atomic E-state index is 0.599. The third kappa shape index (κ3) is 3.38. The second-order valence-electron chi connectivity index (χ2n) is 2.82. The van der Waals surface area contributed by atoms with Crippen LogP contribution in [-0.4, -0.2) is 4.98 Å². The summed E-state index contributed by atoms with van der Waals surface area (Å²) in [5.74, 6) is 0.895. The lowest BCUT2D eigenvalue weighted by molar-refractivity contribution is 1.36. The first-order valence-corrected chi connectivity index (χ1v) is 6.78. The Morgan fingerprint density at radius 3 is 2.53 bits per heavy atom. The Kier molecular flexibility index (Phi) is 3.92. The molecular formula is C10H7Cl2NS2. The number of hydrogen-bond acceptors (Lipinski definition) is 3. The number of benzene rings is 1. The molecule has 0 saturated carbocycles. The van der Waals surface area contributed by atoms with Crippen LogP contribution in [0.5, 0.6) is 0 Å². The molecule has 0 aliphatic heterocycles. The molecule has 0 amide bonds. The standard InChI is InChI=1S/C10H7Cl2NS2/c11-7-1-3-8(4-2-7)14-6-9-5-13-10(12)15-9/h1-5H,6H2. The van der Waals surface area contributed by atoms with Gasteiger partial charge in [-0.1, -0.05) is 23.2 Å². The number of hydrogen-bond donors (Lipinski definition) is 0. The molecule has 1 heterocycles. The molecule has 78 valence electrons. The van der Waals surface area contributed by atoms with E-state index in [1.165, 1.54) is 21.1 Å². The number of thiazole rings is 1. The van der Waals surface area contributed by atoms with Gasteiger partial charge in [-0.15, -0.1) is 23.1 Å². The van der Waals surface area contributed by atoms with Crippen molar-refractivity contribution in [1.82, 2.24) is 4.98 Å². The van der Waals surface area contributed by atoms with Gasteiger partial charge in [0.05, 0.1) is 0 Å². The summed E-state index contributed by atoms with van der Waals surface area (Å²) in [4.78, 5) is 6.37. The van der Waals surface area contributed by atoms with Gasteiger partial charge in [0.15, 0.2) is 4.47 Å². The first-order valence-electron chi connectivity index (χ1n) is 4.22. The maximum absolute atomic E-state index is 5.80. The molecular weight excluding hydrogens is 269 g/mol. The minimum Gasteiger partial charge on any atom is -0.233 e. The molecule has 0 N–H and O–H groups in total. The summed E-state index contributed by atoms with van der Waals surface area (Å²) in [6.07, 6.45) is 1.82. The molecule has 0 aliphatic carbocycles. The highest BCUT2D eigenvalue weighted by Gasteiger charge is 2.00. The van der Waals surface area contributed by atoms with E-state index in [0.29, 0.717) is 4.47 Å². The summed E-state index contributed by atoms with van der Waals surface area (Å²) < 4.78 is 0.599. The van der Waals surface area contributed by atoms with Crippen molar-refractivity contribution in [2.75, 3.05) is 0 Å². The second kappa shape index (κ2) is 5.21. The lowest BCUT2D eigenvalue weighted by Gasteiger charge is -1.98. The van der Waals surface area contributed by atoms with E-state index < -0.39 is 0 Å². The lowest BCUT2D eigenvalue weighted by atomic mass is 10.4. The first kappa shape index (κ1) is 11.3. The lowest BCUT2D eigenvalue weighted by Crippen LogP contribution is -1.74. The van der Waals surface area contributed by atoms with Crippen LogP contribution in [0.4, 0.5) is 0 Å². The van der Waals surface area contributed by atoms with Crippen molar-refractivity contribution >= 4 is 46.3 Å². The molecule has 1 aromatic carbocycles. The van der Waals surface area contributed by atoms with Gasteiger partial charge in [0.25, 0.3) is 0 Å². The van der Waals surface area contributed by atoms with E-state index in [4.69, 9.17) is 23.2 Å². The van der Waals surface area contributed by atoms with Gasteiger partial charge in [-0.3, -0.25) is 0 Å². The summed E-state index contributed by atoms with van der Waals surface area (Å²) in [6, 6.07) is 7.80. The zero-order valence-electron chi connectivity index (χ0n) is 7.61. The van der Waals surface area contributed by atoms with Gasteiger partial charge in [-0.05, 0) is 24.3 Å². The van der Waals surface area contributed by atoms with Crippen molar-refractivity contribution in [1.29, 1.82) is 0 Å². The van der Waals surface area contributed by atoms with Crippen LogP contribution in [0.25, 0.3) is 0 Å². The van der Waals surface area contributed by atoms with Crippen LogP contribution >= 0.6 is 46.3 Å². The Hall–Kier alpha value is -0.220. The molecule has 0 spiro atoms. The Morgan fingerprint density at radius 2 is 1.93 bits per heavy atom. The van der Waals surface area contributed by atoms with E-state index in [1.807, 2.05) is 30.5 Å². The molecule has 0 bridgehead atoms. The highest BCUT2D eigenvalue weighted by atomic mass is 35.5. The highest BCUT2D eigenvalue weighted by Crippen LogP contribution is 2.27. The van der Waals surface area contributed by atoms with Crippen molar-refractivity contribution < 1.29 is 0 Å². The van der Waals surface area contributed by atoms with Gasteiger partial charge in [0.2, 0.25) is 0 Å². The Morgan fingerprint density at radius 1 is 1.20 bits per heavy atom. The summed E-state index contributed by atoms with van der Waals surface area (Å²) in [5.41, 5.74) is 0. The molecule has 15 heavy (non-hydrogen) atoms. The van der Waals surface area contributed by atoms with E-state index in [-0.39, 0.29) is 0 Å². The van der Waals surface area contributed by atoms with Crippen LogP contribution in [0.3, 0.4) is 0 Å². The maximum atomic E-state index is 5.80. The van der Waals surface area contributed by atoms with Crippen molar-refractivity contribution in [3.8, 4) is 0 Å². The van der Waals surface area contributed by atoms with Crippen LogP contribution in [0.1, 0.15) is 4.88 Å². The number of thioether (sulfide) groups is 1. The van der Waals surface area contributed by atoms with Gasteiger partial charge in [-0.2, -0.15) is 0 Å². The average molecular weight is 276 g/mol. The molecule has 0 unspecified atom stereocenters. The predicted octanol–water partition coefficient (Wildman–Crippen LogP) is 4.74. The zero-order valence-corrected chi connectivity index (χ0v) is 10.8. The summed E-state index contributed by atoms with van der Waals surface area (Å²) >= 11 is 14.8. The Bertz CT molecular complexity index is 439. The van der Waals surface area contributed by atoms with Gasteiger partial charge < -0.3 is 0 Å². The molecule has 5 heteroatoms. The van der Waals surface area contributed by atoms with Gasteiger partial charge in [0, 0.05) is 26.7 Å². The molecule has 2 rings (SSSR count). The Balaban J connectivity index is 1.96. The van der Waals surface area contributed by atoms with Gasteiger partial charge >= 0.3 is 0 Å². The summed E-state index contributed by atoms with van der Waals surface area (Å²) in [6.45, 7) is 0. The van der Waals surface area contributed by atoms with Crippen LogP contribution in [0.15, 0.2) is 35.4 Å². The van der Waals surface area contributed by atoms with Crippen molar-refractivity contribution in [2.45, 2.75) is 10.6 Å². The van der Waals surface area contributed by atoms with Crippen molar-refractivity contribution in [2.24, 2.45) is 0 Å². The molecule has 0 aliphatic rings. The third-order valence-corrected chi connectivity index (χ3v) is 4.33. The van der Waals surface area contributed by atoms with Crippen LogP contribution in [0.2, 0.25) is 9.49 Å². The van der Waals surface area contributed by atoms with Crippen LogP contribution in [0, 0.1) is 0 Å². The molecule has 1 aromatic heterocycles. The van der Waals surface area contributed by atoms with E-state index in [0.717, 1.165) is 10.8 Å². The van der Waals surface area contributed by atoms with Crippen molar-refractivity contribution in [3.05, 3.63) is 44.8 Å². The molecule has 2 aromatic rings. The van der Waals surface area contributed by atoms with E-state index in [2.05, 4.69) is 4.98 Å². The maximum Gasteiger partial charge on any atom is 0.183 e. The number of rotatable bonds is 3. The molecule has 1 nitrogen and oxygen atoms in total. The zero-order chi connectivity index (χ0) is 10.7. The fourth-order valence-electron chi connectivity index (χ4n) is 1.04. The number of halogens is 2. The highest BCUT2D eigenvalue weighted by molar-refractivity contribution is 7.98. The fourth-order valence-corrected chi connectivity index (χ4v) is 3.06. The summed E-state index contributed by atoms with van der Waals surface area (Å²) in [7, 11) is 0. The topological polar surface area (TPSA) is 12.9 Å².